The molecule has 1 amide bonds. The van der Waals surface area contributed by atoms with E-state index in [9.17, 15) is 4.79 Å². The molecule has 6 nitrogen and oxygen atoms in total. The van der Waals surface area contributed by atoms with Crippen LogP contribution in [0.3, 0.4) is 0 Å². The second kappa shape index (κ2) is 9.22. The van der Waals surface area contributed by atoms with E-state index in [1.54, 1.807) is 12.4 Å². The molecule has 2 aromatic heterocycles. The number of aromatic nitrogens is 4. The van der Waals surface area contributed by atoms with E-state index in [-0.39, 0.29) is 5.91 Å². The van der Waals surface area contributed by atoms with E-state index in [0.717, 1.165) is 41.6 Å². The lowest BCUT2D eigenvalue weighted by atomic mass is 10.0. The van der Waals surface area contributed by atoms with E-state index in [0.29, 0.717) is 18.2 Å². The minimum absolute atomic E-state index is 0.179. The number of rotatable bonds is 6. The number of benzene rings is 1. The molecule has 4 rings (SSSR count). The van der Waals surface area contributed by atoms with Gasteiger partial charge in [0.05, 0.1) is 12.3 Å². The molecule has 29 heavy (non-hydrogen) atoms. The van der Waals surface area contributed by atoms with Gasteiger partial charge < -0.3 is 4.90 Å². The average Bonchev–Trinajstić information content (AvgIpc) is 3.15. The van der Waals surface area contributed by atoms with Crippen molar-refractivity contribution in [1.29, 1.82) is 0 Å². The zero-order valence-corrected chi connectivity index (χ0v) is 17.4. The topological polar surface area (TPSA) is 63.9 Å². The monoisotopic (exact) mass is 407 g/mol. The fourth-order valence-corrected chi connectivity index (χ4v) is 4.49. The molecule has 1 aromatic carbocycles. The first-order valence-electron chi connectivity index (χ1n) is 9.99. The lowest BCUT2D eigenvalue weighted by molar-refractivity contribution is -0.130. The number of pyridine rings is 1. The fraction of sp³-hybridized carbons (Fsp3) is 0.364. The molecule has 1 saturated heterocycles. The zero-order chi connectivity index (χ0) is 20.1. The number of thioether (sulfide) groups is 1. The molecule has 0 saturated carbocycles. The Kier molecular flexibility index (Phi) is 6.24. The van der Waals surface area contributed by atoms with Crippen molar-refractivity contribution in [2.75, 3.05) is 18.8 Å². The van der Waals surface area contributed by atoms with Crippen molar-refractivity contribution in [2.24, 2.45) is 5.92 Å². The number of hydrogen-bond donors (Lipinski definition) is 0. The van der Waals surface area contributed by atoms with Gasteiger partial charge in [0.15, 0.2) is 11.0 Å². The van der Waals surface area contributed by atoms with Crippen LogP contribution in [0.2, 0.25) is 0 Å². The summed E-state index contributed by atoms with van der Waals surface area (Å²) in [5, 5.41) is 9.57. The predicted octanol–water partition coefficient (Wildman–Crippen LogP) is 3.74. The highest BCUT2D eigenvalue weighted by Gasteiger charge is 2.22. The molecular weight excluding hydrogens is 382 g/mol. The van der Waals surface area contributed by atoms with Crippen molar-refractivity contribution in [1.82, 2.24) is 24.6 Å². The van der Waals surface area contributed by atoms with Gasteiger partial charge in [0.1, 0.15) is 0 Å². The van der Waals surface area contributed by atoms with E-state index in [2.05, 4.69) is 38.8 Å². The SMILES string of the molecule is C[C@H]1CCCN(C(=O)CSc2nnc(-c3cccnc3)n2Cc2ccccc2)C1. The first kappa shape index (κ1) is 19.6. The molecule has 0 unspecified atom stereocenters. The highest BCUT2D eigenvalue weighted by Crippen LogP contribution is 2.25. The smallest absolute Gasteiger partial charge is 0.233 e. The van der Waals surface area contributed by atoms with Crippen LogP contribution in [-0.2, 0) is 11.3 Å². The van der Waals surface area contributed by atoms with Crippen molar-refractivity contribution >= 4 is 17.7 Å². The van der Waals surface area contributed by atoms with Crippen molar-refractivity contribution < 1.29 is 4.79 Å². The van der Waals surface area contributed by atoms with Gasteiger partial charge in [0, 0.05) is 31.0 Å². The molecule has 1 aliphatic rings. The third-order valence-electron chi connectivity index (χ3n) is 5.15. The number of amides is 1. The lowest BCUT2D eigenvalue weighted by Gasteiger charge is -2.30. The first-order chi connectivity index (χ1) is 14.2. The number of carbonyl (C=O) groups excluding carboxylic acids is 1. The Morgan fingerprint density at radius 2 is 2.03 bits per heavy atom. The van der Waals surface area contributed by atoms with Gasteiger partial charge in [-0.25, -0.2) is 0 Å². The molecule has 0 aliphatic carbocycles. The van der Waals surface area contributed by atoms with Crippen LogP contribution in [-0.4, -0.2) is 49.4 Å². The molecule has 3 heterocycles. The number of likely N-dealkylation sites (tertiary alicyclic amines) is 1. The van der Waals surface area contributed by atoms with Crippen molar-refractivity contribution in [3.63, 3.8) is 0 Å². The average molecular weight is 408 g/mol. The maximum atomic E-state index is 12.7. The Labute approximate surface area is 175 Å². The Morgan fingerprint density at radius 1 is 1.17 bits per heavy atom. The molecule has 3 aromatic rings. The van der Waals surface area contributed by atoms with E-state index in [1.807, 2.05) is 35.2 Å². The highest BCUT2D eigenvalue weighted by molar-refractivity contribution is 7.99. The minimum Gasteiger partial charge on any atom is -0.342 e. The van der Waals surface area contributed by atoms with Crippen LogP contribution in [0, 0.1) is 5.92 Å². The largest absolute Gasteiger partial charge is 0.342 e. The zero-order valence-electron chi connectivity index (χ0n) is 16.6. The van der Waals surface area contributed by atoms with Crippen molar-refractivity contribution in [3.8, 4) is 11.4 Å². The summed E-state index contributed by atoms with van der Waals surface area (Å²) >= 11 is 1.46. The molecule has 0 spiro atoms. The minimum atomic E-state index is 0.179. The van der Waals surface area contributed by atoms with Crippen LogP contribution >= 0.6 is 11.8 Å². The third-order valence-corrected chi connectivity index (χ3v) is 6.11. The molecule has 1 atom stereocenters. The Morgan fingerprint density at radius 3 is 2.79 bits per heavy atom. The molecular formula is C22H25N5OS. The van der Waals surface area contributed by atoms with Gasteiger partial charge in [-0.15, -0.1) is 10.2 Å². The highest BCUT2D eigenvalue weighted by atomic mass is 32.2. The van der Waals surface area contributed by atoms with E-state index in [1.165, 1.54) is 18.2 Å². The van der Waals surface area contributed by atoms with Gasteiger partial charge in [-0.1, -0.05) is 49.0 Å². The van der Waals surface area contributed by atoms with Gasteiger partial charge in [0.2, 0.25) is 5.91 Å². The quantitative estimate of drug-likeness (QED) is 0.583. The second-order valence-corrected chi connectivity index (χ2v) is 8.44. The molecule has 1 fully saturated rings. The van der Waals surface area contributed by atoms with Gasteiger partial charge in [-0.2, -0.15) is 0 Å². The van der Waals surface area contributed by atoms with Gasteiger partial charge >= 0.3 is 0 Å². The predicted molar refractivity (Wildman–Crippen MR) is 114 cm³/mol. The van der Waals surface area contributed by atoms with Crippen LogP contribution in [0.5, 0.6) is 0 Å². The normalized spacial score (nSPS) is 16.7. The number of carbonyl (C=O) groups is 1. The van der Waals surface area contributed by atoms with E-state index >= 15 is 0 Å². The van der Waals surface area contributed by atoms with Crippen LogP contribution in [0.1, 0.15) is 25.3 Å². The molecule has 0 bridgehead atoms. The summed E-state index contributed by atoms with van der Waals surface area (Å²) in [6, 6.07) is 14.1. The molecule has 1 aliphatic heterocycles. The maximum Gasteiger partial charge on any atom is 0.233 e. The molecule has 0 N–H and O–H groups in total. The summed E-state index contributed by atoms with van der Waals surface area (Å²) in [5.74, 6) is 1.91. The Balaban J connectivity index is 1.54. The lowest BCUT2D eigenvalue weighted by Crippen LogP contribution is -2.40. The third kappa shape index (κ3) is 4.85. The van der Waals surface area contributed by atoms with Crippen molar-refractivity contribution in [3.05, 3.63) is 60.4 Å². The van der Waals surface area contributed by atoms with Crippen LogP contribution in [0.25, 0.3) is 11.4 Å². The fourth-order valence-electron chi connectivity index (χ4n) is 3.65. The van der Waals surface area contributed by atoms with Crippen LogP contribution < -0.4 is 0 Å². The number of piperidine rings is 1. The Hall–Kier alpha value is -2.67. The van der Waals surface area contributed by atoms with Crippen molar-refractivity contribution in [2.45, 2.75) is 31.5 Å². The standard InChI is InChI=1S/C22H25N5OS/c1-17-7-6-12-26(14-17)20(28)16-29-22-25-24-21(19-10-5-11-23-13-19)27(22)15-18-8-3-2-4-9-18/h2-5,8-11,13,17H,6-7,12,14-16H2,1H3/t17-/m0/s1. The summed E-state index contributed by atoms with van der Waals surface area (Å²) in [4.78, 5) is 18.9. The van der Waals surface area contributed by atoms with E-state index in [4.69, 9.17) is 0 Å². The Bertz CT molecular complexity index is 944. The van der Waals surface area contributed by atoms with Gasteiger partial charge in [0.25, 0.3) is 0 Å². The number of hydrogen-bond acceptors (Lipinski definition) is 5. The van der Waals surface area contributed by atoms with E-state index < -0.39 is 0 Å². The van der Waals surface area contributed by atoms with Gasteiger partial charge in [-0.3, -0.25) is 14.3 Å². The van der Waals surface area contributed by atoms with Gasteiger partial charge in [-0.05, 0) is 36.5 Å². The summed E-state index contributed by atoms with van der Waals surface area (Å²) < 4.78 is 2.07. The maximum absolute atomic E-state index is 12.7. The first-order valence-corrected chi connectivity index (χ1v) is 11.0. The molecule has 150 valence electrons. The second-order valence-electron chi connectivity index (χ2n) is 7.50. The molecule has 7 heteroatoms. The summed E-state index contributed by atoms with van der Waals surface area (Å²) in [7, 11) is 0. The molecule has 0 radical (unpaired) electrons. The van der Waals surface area contributed by atoms with Crippen LogP contribution in [0.4, 0.5) is 0 Å². The van der Waals surface area contributed by atoms with Crippen LogP contribution in [0.15, 0.2) is 60.0 Å². The number of nitrogens with zero attached hydrogens (tertiary/aromatic N) is 5. The summed E-state index contributed by atoms with van der Waals surface area (Å²) in [6.45, 7) is 4.58. The summed E-state index contributed by atoms with van der Waals surface area (Å²) in [5.41, 5.74) is 2.08. The summed E-state index contributed by atoms with van der Waals surface area (Å²) in [6.07, 6.45) is 5.83.